The van der Waals surface area contributed by atoms with Gasteiger partial charge in [-0.2, -0.15) is 0 Å². The Morgan fingerprint density at radius 3 is 2.09 bits per heavy atom. The summed E-state index contributed by atoms with van der Waals surface area (Å²) < 4.78 is 28.6. The van der Waals surface area contributed by atoms with Crippen LogP contribution in [0, 0.1) is 23.7 Å². The quantitative estimate of drug-likeness (QED) is 0.101. The van der Waals surface area contributed by atoms with Crippen molar-refractivity contribution in [1.82, 2.24) is 25.8 Å². The second-order valence-corrected chi connectivity index (χ2v) is 15.5. The zero-order valence-electron chi connectivity index (χ0n) is 33.5. The molecule has 0 spiro atoms. The van der Waals surface area contributed by atoms with Crippen molar-refractivity contribution in [2.75, 3.05) is 34.9 Å². The van der Waals surface area contributed by atoms with E-state index in [-0.39, 0.29) is 48.3 Å². The Balaban J connectivity index is 2.27. The zero-order valence-corrected chi connectivity index (χ0v) is 34.4. The van der Waals surface area contributed by atoms with Crippen LogP contribution in [-0.4, -0.2) is 116 Å². The topological polar surface area (TPSA) is 176 Å². The first-order chi connectivity index (χ1) is 25.0. The summed E-state index contributed by atoms with van der Waals surface area (Å²) in [6.07, 6.45) is -0.190. The van der Waals surface area contributed by atoms with Gasteiger partial charge in [0.2, 0.25) is 23.6 Å². The molecule has 53 heavy (non-hydrogen) atoms. The summed E-state index contributed by atoms with van der Waals surface area (Å²) in [5.74, 6) is -2.10. The number of hydrogen-bond acceptors (Lipinski definition) is 9. The van der Waals surface area contributed by atoms with Gasteiger partial charge >= 0.3 is 8.25 Å². The highest BCUT2D eigenvalue weighted by Crippen LogP contribution is 2.30. The molecule has 0 aromatic heterocycles. The van der Waals surface area contributed by atoms with Crippen molar-refractivity contribution in [3.8, 4) is 0 Å². The Kier molecular flexibility index (Phi) is 19.5. The molecule has 1 aliphatic rings. The van der Waals surface area contributed by atoms with E-state index < -0.39 is 62.7 Å². The molecule has 3 unspecified atom stereocenters. The van der Waals surface area contributed by atoms with Crippen LogP contribution in [0.15, 0.2) is 30.3 Å². The molecule has 1 aromatic carbocycles. The first-order valence-corrected chi connectivity index (χ1v) is 19.9. The van der Waals surface area contributed by atoms with Gasteiger partial charge in [-0.05, 0) is 43.2 Å². The molecule has 1 fully saturated rings. The van der Waals surface area contributed by atoms with E-state index in [1.807, 2.05) is 71.9 Å². The monoisotopic (exact) mass is 766 g/mol. The molecule has 1 aliphatic heterocycles. The SMILES string of the molecule is CCC(C)[C@@H]([C@@H](CC(=O)N1CCC[C@H]1[C@H](OC)[C@H](C)C(=O)NC(Cc1ccccc1)O[P+](=O)O)OC)N(C)C(=O)[C@@H](NC(=O)[C@@H](NC)C(C)C)C(C)C. The lowest BCUT2D eigenvalue weighted by Crippen LogP contribution is -2.59. The molecule has 1 saturated heterocycles. The Hall–Kier alpha value is -3.00. The Labute approximate surface area is 317 Å². The van der Waals surface area contributed by atoms with Crippen molar-refractivity contribution < 1.29 is 42.6 Å². The van der Waals surface area contributed by atoms with Crippen LogP contribution >= 0.6 is 8.25 Å². The van der Waals surface area contributed by atoms with E-state index in [1.165, 1.54) is 14.2 Å². The number of benzene rings is 1. The predicted molar refractivity (Wildman–Crippen MR) is 204 cm³/mol. The lowest BCUT2D eigenvalue weighted by molar-refractivity contribution is -0.148. The number of nitrogens with one attached hydrogen (secondary N) is 3. The maximum atomic E-state index is 14.1. The number of carbonyl (C=O) groups is 4. The average Bonchev–Trinajstić information content (AvgIpc) is 3.59. The maximum absolute atomic E-state index is 14.1. The standard InChI is InChI=1S/C38H64N5O9P/c1-12-25(6)34(42(9)38(47)33(24(4)5)41-37(46)32(39-8)23(2)3)29(50-10)22-31(44)43-20-16-19-28(43)35(51-11)26(7)36(45)40-30(52-53(48)49)21-27-17-14-13-15-18-27/h13-15,17-18,23-26,28-30,32-35,39H,12,16,19-22H2,1-11H3,(H2-,40,41,45,46,48,49)/p+1/t25?,26-,28-,29+,30?,32-,33-,34-,35+/m0/s1. The number of amides is 4. The highest BCUT2D eigenvalue weighted by atomic mass is 31.1. The fourth-order valence-corrected chi connectivity index (χ4v) is 7.74. The fraction of sp³-hybridized carbons (Fsp3) is 0.737. The van der Waals surface area contributed by atoms with Gasteiger partial charge in [-0.15, -0.1) is 4.89 Å². The highest BCUT2D eigenvalue weighted by molar-refractivity contribution is 7.32. The molecule has 0 bridgehead atoms. The largest absolute Gasteiger partial charge is 0.696 e. The lowest BCUT2D eigenvalue weighted by atomic mass is 9.89. The van der Waals surface area contributed by atoms with E-state index in [9.17, 15) is 28.6 Å². The number of nitrogens with zero attached hydrogens (tertiary/aromatic N) is 2. The summed E-state index contributed by atoms with van der Waals surface area (Å²) in [5, 5.41) is 8.75. The van der Waals surface area contributed by atoms with Crippen LogP contribution in [0.3, 0.4) is 0 Å². The molecule has 2 rings (SSSR count). The van der Waals surface area contributed by atoms with Crippen LogP contribution in [0.5, 0.6) is 0 Å². The summed E-state index contributed by atoms with van der Waals surface area (Å²) in [4.78, 5) is 67.8. The Morgan fingerprint density at radius 2 is 1.58 bits per heavy atom. The molecule has 10 atom stereocenters. The van der Waals surface area contributed by atoms with Crippen molar-refractivity contribution in [1.29, 1.82) is 0 Å². The van der Waals surface area contributed by atoms with Crippen LogP contribution in [0.2, 0.25) is 0 Å². The number of likely N-dealkylation sites (N-methyl/N-ethyl adjacent to an activating group) is 2. The van der Waals surface area contributed by atoms with Gasteiger partial charge < -0.3 is 35.2 Å². The van der Waals surface area contributed by atoms with Gasteiger partial charge in [-0.1, -0.05) is 89.7 Å². The molecule has 1 aromatic rings. The molecule has 15 heteroatoms. The summed E-state index contributed by atoms with van der Waals surface area (Å²) in [6, 6.07) is 7.02. The lowest BCUT2D eigenvalue weighted by Gasteiger charge is -2.41. The third-order valence-corrected chi connectivity index (χ3v) is 11.0. The third kappa shape index (κ3) is 13.1. The molecular formula is C38H65N5O9P+. The van der Waals surface area contributed by atoms with Crippen molar-refractivity contribution >= 4 is 31.9 Å². The molecule has 0 radical (unpaired) electrons. The molecule has 4 N–H and O–H groups in total. The predicted octanol–water partition coefficient (Wildman–Crippen LogP) is 3.64. The van der Waals surface area contributed by atoms with Crippen LogP contribution < -0.4 is 16.0 Å². The molecular weight excluding hydrogens is 701 g/mol. The van der Waals surface area contributed by atoms with Gasteiger partial charge in [0.15, 0.2) is 6.23 Å². The van der Waals surface area contributed by atoms with Crippen LogP contribution in [0.1, 0.15) is 79.7 Å². The summed E-state index contributed by atoms with van der Waals surface area (Å²) in [5.41, 5.74) is 0.812. The molecule has 4 amide bonds. The molecule has 14 nitrogen and oxygen atoms in total. The van der Waals surface area contributed by atoms with E-state index in [1.54, 1.807) is 30.8 Å². The van der Waals surface area contributed by atoms with Gasteiger partial charge in [-0.3, -0.25) is 19.2 Å². The molecule has 0 saturated carbocycles. The highest BCUT2D eigenvalue weighted by Gasteiger charge is 2.43. The summed E-state index contributed by atoms with van der Waals surface area (Å²) in [7, 11) is 3.48. The maximum Gasteiger partial charge on any atom is 0.696 e. The van der Waals surface area contributed by atoms with E-state index in [4.69, 9.17) is 14.0 Å². The van der Waals surface area contributed by atoms with Gasteiger partial charge in [0, 0.05) is 38.8 Å². The first kappa shape index (κ1) is 46.2. The second kappa shape index (κ2) is 22.4. The van der Waals surface area contributed by atoms with Crippen molar-refractivity contribution in [3.05, 3.63) is 35.9 Å². The van der Waals surface area contributed by atoms with Gasteiger partial charge in [-0.25, -0.2) is 0 Å². The smallest absolute Gasteiger partial charge is 0.379 e. The summed E-state index contributed by atoms with van der Waals surface area (Å²) >= 11 is 0. The second-order valence-electron chi connectivity index (χ2n) is 14.9. The van der Waals surface area contributed by atoms with Crippen molar-refractivity contribution in [2.45, 2.75) is 123 Å². The number of carbonyl (C=O) groups excluding carboxylic acids is 4. The van der Waals surface area contributed by atoms with Crippen molar-refractivity contribution in [3.63, 3.8) is 0 Å². The normalized spacial score (nSPS) is 19.5. The number of hydrogen-bond donors (Lipinski definition) is 4. The number of rotatable bonds is 22. The average molecular weight is 767 g/mol. The third-order valence-electron chi connectivity index (χ3n) is 10.5. The minimum absolute atomic E-state index is 0.0128. The molecule has 0 aliphatic carbocycles. The van der Waals surface area contributed by atoms with Crippen LogP contribution in [0.4, 0.5) is 0 Å². The minimum atomic E-state index is -2.98. The van der Waals surface area contributed by atoms with Gasteiger partial charge in [0.25, 0.3) is 0 Å². The number of ether oxygens (including phenoxy) is 2. The van der Waals surface area contributed by atoms with E-state index in [0.717, 1.165) is 5.56 Å². The molecule has 1 heterocycles. The first-order valence-electron chi connectivity index (χ1n) is 18.8. The zero-order chi connectivity index (χ0) is 40.0. The van der Waals surface area contributed by atoms with E-state index in [2.05, 4.69) is 16.0 Å². The van der Waals surface area contributed by atoms with Gasteiger partial charge in [0.05, 0.1) is 42.7 Å². The van der Waals surface area contributed by atoms with E-state index in [0.29, 0.717) is 25.8 Å². The number of methoxy groups -OCH3 is 2. The summed E-state index contributed by atoms with van der Waals surface area (Å²) in [6.45, 7) is 13.9. The van der Waals surface area contributed by atoms with Crippen LogP contribution in [-0.2, 0) is 44.2 Å². The Bertz CT molecular complexity index is 1340. The fourth-order valence-electron chi connectivity index (χ4n) is 7.39. The minimum Gasteiger partial charge on any atom is -0.379 e. The van der Waals surface area contributed by atoms with Gasteiger partial charge in [0.1, 0.15) is 6.04 Å². The molecule has 300 valence electrons. The van der Waals surface area contributed by atoms with E-state index >= 15 is 0 Å². The Morgan fingerprint density at radius 1 is 0.962 bits per heavy atom. The number of likely N-dealkylation sites (tertiary alicyclic amines) is 1. The van der Waals surface area contributed by atoms with Crippen molar-refractivity contribution in [2.24, 2.45) is 23.7 Å². The van der Waals surface area contributed by atoms with Crippen LogP contribution in [0.25, 0.3) is 0 Å².